The number of nitrogens with one attached hydrogen (secondary N) is 1. The van der Waals surface area contributed by atoms with E-state index in [-0.39, 0.29) is 0 Å². The number of hydrogen-bond donors (Lipinski definition) is 1. The van der Waals surface area contributed by atoms with Crippen molar-refractivity contribution in [1.82, 2.24) is 15.2 Å². The van der Waals surface area contributed by atoms with E-state index in [2.05, 4.69) is 42.4 Å². The van der Waals surface area contributed by atoms with E-state index in [0.717, 1.165) is 38.5 Å². The first kappa shape index (κ1) is 14.2. The molecule has 0 atom stereocenters. The van der Waals surface area contributed by atoms with Crippen molar-refractivity contribution in [3.8, 4) is 0 Å². The van der Waals surface area contributed by atoms with Gasteiger partial charge in [0.05, 0.1) is 5.52 Å². The Kier molecular flexibility index (Phi) is 3.63. The van der Waals surface area contributed by atoms with E-state index in [4.69, 9.17) is 4.98 Å². The van der Waals surface area contributed by atoms with Gasteiger partial charge in [-0.3, -0.25) is 4.98 Å². The van der Waals surface area contributed by atoms with Crippen molar-refractivity contribution in [2.45, 2.75) is 51.7 Å². The zero-order valence-corrected chi connectivity index (χ0v) is 13.7. The number of para-hydroxylation sites is 1. The van der Waals surface area contributed by atoms with Crippen LogP contribution in [0.4, 0.5) is 0 Å². The van der Waals surface area contributed by atoms with Crippen LogP contribution in [0.25, 0.3) is 10.9 Å². The van der Waals surface area contributed by atoms with Gasteiger partial charge in [-0.25, -0.2) is 0 Å². The first-order valence-electron chi connectivity index (χ1n) is 8.60. The fourth-order valence-corrected chi connectivity index (χ4v) is 3.57. The number of rotatable bonds is 4. The van der Waals surface area contributed by atoms with E-state index in [9.17, 15) is 0 Å². The van der Waals surface area contributed by atoms with Crippen molar-refractivity contribution in [3.63, 3.8) is 0 Å². The monoisotopic (exact) mass is 295 g/mol. The molecule has 4 rings (SSSR count). The predicted molar refractivity (Wildman–Crippen MR) is 91.0 cm³/mol. The van der Waals surface area contributed by atoms with Gasteiger partial charge in [0.2, 0.25) is 0 Å². The molecule has 0 spiro atoms. The lowest BCUT2D eigenvalue weighted by molar-refractivity contribution is 0.308. The van der Waals surface area contributed by atoms with E-state index in [1.54, 1.807) is 0 Å². The summed E-state index contributed by atoms with van der Waals surface area (Å²) >= 11 is 0. The molecule has 1 aromatic heterocycles. The number of likely N-dealkylation sites (N-methyl/N-ethyl adjacent to an activating group) is 1. The van der Waals surface area contributed by atoms with Crippen LogP contribution < -0.4 is 5.32 Å². The summed E-state index contributed by atoms with van der Waals surface area (Å²) in [7, 11) is 2.22. The molecule has 1 aliphatic heterocycles. The van der Waals surface area contributed by atoms with Gasteiger partial charge in [0.15, 0.2) is 0 Å². The van der Waals surface area contributed by atoms with Crippen LogP contribution in [-0.4, -0.2) is 29.5 Å². The van der Waals surface area contributed by atoms with Gasteiger partial charge in [-0.15, -0.1) is 0 Å². The molecule has 0 radical (unpaired) electrons. The Morgan fingerprint density at radius 1 is 1.32 bits per heavy atom. The fourth-order valence-electron chi connectivity index (χ4n) is 3.57. The third-order valence-electron chi connectivity index (χ3n) is 5.09. The summed E-state index contributed by atoms with van der Waals surface area (Å²) in [5.74, 6) is 0. The highest BCUT2D eigenvalue weighted by Gasteiger charge is 2.24. The van der Waals surface area contributed by atoms with E-state index in [1.165, 1.54) is 46.1 Å². The summed E-state index contributed by atoms with van der Waals surface area (Å²) in [5.41, 5.74) is 6.92. The van der Waals surface area contributed by atoms with Crippen LogP contribution in [0.1, 0.15) is 42.1 Å². The van der Waals surface area contributed by atoms with Crippen molar-refractivity contribution in [3.05, 3.63) is 40.6 Å². The van der Waals surface area contributed by atoms with Gasteiger partial charge < -0.3 is 10.2 Å². The van der Waals surface area contributed by atoms with Gasteiger partial charge in [-0.2, -0.15) is 0 Å². The predicted octanol–water partition coefficient (Wildman–Crippen LogP) is 3.04. The van der Waals surface area contributed by atoms with E-state index < -0.39 is 0 Å². The number of aromatic nitrogens is 1. The van der Waals surface area contributed by atoms with Crippen LogP contribution in [-0.2, 0) is 25.9 Å². The SMILES string of the molecule is CCc1cccc2c(CNC3CC3)c3c(nc12)CCN(C)C3. The molecule has 0 unspecified atom stereocenters. The molecule has 0 bridgehead atoms. The molecule has 2 aliphatic rings. The number of pyridine rings is 1. The summed E-state index contributed by atoms with van der Waals surface area (Å²) in [5, 5.41) is 5.08. The molecule has 3 nitrogen and oxygen atoms in total. The van der Waals surface area contributed by atoms with Crippen molar-refractivity contribution in [2.75, 3.05) is 13.6 Å². The van der Waals surface area contributed by atoms with Gasteiger partial charge in [0.1, 0.15) is 0 Å². The summed E-state index contributed by atoms with van der Waals surface area (Å²) < 4.78 is 0. The quantitative estimate of drug-likeness (QED) is 0.939. The van der Waals surface area contributed by atoms with Gasteiger partial charge in [-0.05, 0) is 43.0 Å². The second-order valence-corrected chi connectivity index (χ2v) is 6.83. The Morgan fingerprint density at radius 2 is 2.18 bits per heavy atom. The molecular weight excluding hydrogens is 270 g/mol. The Morgan fingerprint density at radius 3 is 2.95 bits per heavy atom. The summed E-state index contributed by atoms with van der Waals surface area (Å²) in [6, 6.07) is 7.44. The van der Waals surface area contributed by atoms with Crippen molar-refractivity contribution in [2.24, 2.45) is 0 Å². The van der Waals surface area contributed by atoms with Crippen LogP contribution in [0.5, 0.6) is 0 Å². The normalized spacial score (nSPS) is 18.6. The molecule has 0 amide bonds. The molecule has 22 heavy (non-hydrogen) atoms. The maximum Gasteiger partial charge on any atom is 0.0740 e. The molecule has 1 N–H and O–H groups in total. The lowest BCUT2D eigenvalue weighted by atomic mass is 9.94. The minimum absolute atomic E-state index is 0.745. The maximum atomic E-state index is 5.07. The van der Waals surface area contributed by atoms with Crippen LogP contribution in [0.15, 0.2) is 18.2 Å². The molecule has 1 aliphatic carbocycles. The van der Waals surface area contributed by atoms with Crippen molar-refractivity contribution in [1.29, 1.82) is 0 Å². The maximum absolute atomic E-state index is 5.07. The van der Waals surface area contributed by atoms with Crippen molar-refractivity contribution >= 4 is 10.9 Å². The highest BCUT2D eigenvalue weighted by atomic mass is 15.1. The van der Waals surface area contributed by atoms with Crippen LogP contribution in [0.2, 0.25) is 0 Å². The van der Waals surface area contributed by atoms with Crippen LogP contribution >= 0.6 is 0 Å². The molecule has 116 valence electrons. The third-order valence-corrected chi connectivity index (χ3v) is 5.09. The average molecular weight is 295 g/mol. The number of aryl methyl sites for hydroxylation is 1. The number of hydrogen-bond acceptors (Lipinski definition) is 3. The molecule has 0 saturated heterocycles. The Labute approximate surface area is 132 Å². The molecule has 2 heterocycles. The van der Waals surface area contributed by atoms with Crippen molar-refractivity contribution < 1.29 is 0 Å². The lowest BCUT2D eigenvalue weighted by Crippen LogP contribution is -2.29. The standard InChI is InChI=1S/C19H25N3/c1-3-13-5-4-6-15-16(11-20-14-7-8-14)17-12-22(2)10-9-18(17)21-19(13)15/h4-6,14,20H,3,7-12H2,1-2H3. The van der Waals surface area contributed by atoms with Crippen LogP contribution in [0, 0.1) is 0 Å². The first-order valence-corrected chi connectivity index (χ1v) is 8.60. The molecule has 2 aromatic rings. The zero-order valence-electron chi connectivity index (χ0n) is 13.7. The summed E-state index contributed by atoms with van der Waals surface area (Å²) in [6.45, 7) is 5.38. The summed E-state index contributed by atoms with van der Waals surface area (Å²) in [6.07, 6.45) is 4.81. The average Bonchev–Trinajstić information content (AvgIpc) is 3.35. The summed E-state index contributed by atoms with van der Waals surface area (Å²) in [4.78, 5) is 7.49. The van der Waals surface area contributed by atoms with E-state index in [1.807, 2.05) is 0 Å². The van der Waals surface area contributed by atoms with Gasteiger partial charge in [-0.1, -0.05) is 25.1 Å². The molecular formula is C19H25N3. The molecule has 3 heteroatoms. The van der Waals surface area contributed by atoms with E-state index in [0.29, 0.717) is 0 Å². The fraction of sp³-hybridized carbons (Fsp3) is 0.526. The highest BCUT2D eigenvalue weighted by molar-refractivity contribution is 5.86. The second-order valence-electron chi connectivity index (χ2n) is 6.83. The topological polar surface area (TPSA) is 28.2 Å². The second kappa shape index (κ2) is 5.64. The highest BCUT2D eigenvalue weighted by Crippen LogP contribution is 2.30. The largest absolute Gasteiger partial charge is 0.310 e. The minimum atomic E-state index is 0.745. The molecule has 1 saturated carbocycles. The zero-order chi connectivity index (χ0) is 15.1. The Bertz CT molecular complexity index is 703. The molecule has 1 aromatic carbocycles. The Hall–Kier alpha value is -1.45. The smallest absolute Gasteiger partial charge is 0.0740 e. The van der Waals surface area contributed by atoms with E-state index >= 15 is 0 Å². The van der Waals surface area contributed by atoms with Crippen LogP contribution in [0.3, 0.4) is 0 Å². The number of nitrogens with zero attached hydrogens (tertiary/aromatic N) is 2. The minimum Gasteiger partial charge on any atom is -0.310 e. The molecule has 1 fully saturated rings. The number of fused-ring (bicyclic) bond motifs is 2. The first-order chi connectivity index (χ1) is 10.8. The van der Waals surface area contributed by atoms with Gasteiger partial charge in [0, 0.05) is 43.2 Å². The third kappa shape index (κ3) is 2.53. The Balaban J connectivity index is 1.87. The number of benzene rings is 1. The van der Waals surface area contributed by atoms with Gasteiger partial charge in [0.25, 0.3) is 0 Å². The van der Waals surface area contributed by atoms with Gasteiger partial charge >= 0.3 is 0 Å². The lowest BCUT2D eigenvalue weighted by Gasteiger charge is -2.28.